The molecule has 1 heterocycles. The number of carbonyl (C=O) groups excluding carboxylic acids is 1. The van der Waals surface area contributed by atoms with Gasteiger partial charge in [0.1, 0.15) is 11.3 Å². The first-order valence-electron chi connectivity index (χ1n) is 6.53. The fraction of sp³-hybridized carbons (Fsp3) is 0.692. The highest BCUT2D eigenvalue weighted by Gasteiger charge is 2.31. The quantitative estimate of drug-likeness (QED) is 0.885. The van der Waals surface area contributed by atoms with Gasteiger partial charge in [-0.2, -0.15) is 0 Å². The van der Waals surface area contributed by atoms with E-state index in [1.54, 1.807) is 6.92 Å². The zero-order chi connectivity index (χ0) is 13.1. The van der Waals surface area contributed by atoms with Crippen LogP contribution in [0.25, 0.3) is 0 Å². The molecule has 0 radical (unpaired) electrons. The monoisotopic (exact) mass is 251 g/mol. The Morgan fingerprint density at radius 2 is 2.28 bits per heavy atom. The van der Waals surface area contributed by atoms with Crippen molar-refractivity contribution in [3.8, 4) is 0 Å². The fourth-order valence-corrected chi connectivity index (χ4v) is 2.82. The summed E-state index contributed by atoms with van der Waals surface area (Å²) in [6.45, 7) is 2.40. The molecule has 2 atom stereocenters. The Kier molecular flexibility index (Phi) is 4.01. The Labute approximate surface area is 107 Å². The lowest BCUT2D eigenvalue weighted by Gasteiger charge is -2.37. The first kappa shape index (κ1) is 13.1. The maximum Gasteiger partial charge on any atom is 0.259 e. The van der Waals surface area contributed by atoms with Crippen LogP contribution in [0.2, 0.25) is 0 Å². The number of hydrogen-bond donors (Lipinski definition) is 1. The van der Waals surface area contributed by atoms with Crippen molar-refractivity contribution >= 4 is 5.91 Å². The van der Waals surface area contributed by atoms with E-state index in [2.05, 4.69) is 5.16 Å². The molecule has 1 fully saturated rings. The van der Waals surface area contributed by atoms with Gasteiger partial charge in [0.25, 0.3) is 5.91 Å². The minimum atomic E-state index is -0.0147. The number of nitrogens with two attached hydrogens (primary N) is 1. The molecule has 1 aromatic heterocycles. The van der Waals surface area contributed by atoms with Gasteiger partial charge in [-0.15, -0.1) is 0 Å². The Balaban J connectivity index is 2.12. The maximum absolute atomic E-state index is 12.4. The van der Waals surface area contributed by atoms with Gasteiger partial charge < -0.3 is 15.2 Å². The third-order valence-corrected chi connectivity index (χ3v) is 3.97. The number of carbonyl (C=O) groups is 1. The molecule has 0 saturated heterocycles. The van der Waals surface area contributed by atoms with Crippen LogP contribution in [0.15, 0.2) is 10.7 Å². The van der Waals surface area contributed by atoms with Crippen LogP contribution >= 0.6 is 0 Å². The summed E-state index contributed by atoms with van der Waals surface area (Å²) >= 11 is 0. The zero-order valence-corrected chi connectivity index (χ0v) is 11.1. The van der Waals surface area contributed by atoms with E-state index in [4.69, 9.17) is 10.3 Å². The van der Waals surface area contributed by atoms with E-state index >= 15 is 0 Å². The second kappa shape index (κ2) is 5.52. The molecule has 1 amide bonds. The Morgan fingerprint density at radius 3 is 2.89 bits per heavy atom. The van der Waals surface area contributed by atoms with Crippen molar-refractivity contribution in [3.05, 3.63) is 17.5 Å². The largest absolute Gasteiger partial charge is 0.361 e. The highest BCUT2D eigenvalue weighted by molar-refractivity contribution is 5.94. The standard InChI is InChI=1S/C13H21N3O2/c1-9-11(8-15-18-9)13(17)16(2)12-6-4-3-5-10(12)7-14/h8,10,12H,3-7,14H2,1-2H3. The van der Waals surface area contributed by atoms with E-state index in [1.165, 1.54) is 19.0 Å². The molecule has 100 valence electrons. The predicted molar refractivity (Wildman–Crippen MR) is 68.1 cm³/mol. The van der Waals surface area contributed by atoms with E-state index in [0.29, 0.717) is 23.8 Å². The van der Waals surface area contributed by atoms with Crippen molar-refractivity contribution in [2.24, 2.45) is 11.7 Å². The van der Waals surface area contributed by atoms with Gasteiger partial charge in [0.05, 0.1) is 6.20 Å². The average Bonchev–Trinajstić information content (AvgIpc) is 2.83. The Bertz CT molecular complexity index is 416. The molecule has 1 aliphatic rings. The third-order valence-electron chi connectivity index (χ3n) is 3.97. The maximum atomic E-state index is 12.4. The van der Waals surface area contributed by atoms with Gasteiger partial charge in [0, 0.05) is 13.1 Å². The number of amides is 1. The molecule has 0 aliphatic heterocycles. The molecule has 0 spiro atoms. The van der Waals surface area contributed by atoms with Crippen molar-refractivity contribution < 1.29 is 9.32 Å². The summed E-state index contributed by atoms with van der Waals surface area (Å²) in [5.74, 6) is 0.971. The van der Waals surface area contributed by atoms with Crippen LogP contribution in [0.1, 0.15) is 41.8 Å². The van der Waals surface area contributed by atoms with E-state index in [9.17, 15) is 4.79 Å². The minimum absolute atomic E-state index is 0.0147. The van der Waals surface area contributed by atoms with Crippen molar-refractivity contribution in [1.29, 1.82) is 0 Å². The summed E-state index contributed by atoms with van der Waals surface area (Å²) in [7, 11) is 1.85. The smallest absolute Gasteiger partial charge is 0.259 e. The van der Waals surface area contributed by atoms with Gasteiger partial charge in [-0.05, 0) is 32.2 Å². The van der Waals surface area contributed by atoms with E-state index in [1.807, 2.05) is 11.9 Å². The molecule has 1 saturated carbocycles. The van der Waals surface area contributed by atoms with E-state index in [-0.39, 0.29) is 11.9 Å². The lowest BCUT2D eigenvalue weighted by molar-refractivity contribution is 0.0618. The van der Waals surface area contributed by atoms with Gasteiger partial charge in [0.15, 0.2) is 0 Å². The number of rotatable bonds is 3. The van der Waals surface area contributed by atoms with Gasteiger partial charge >= 0.3 is 0 Å². The van der Waals surface area contributed by atoms with Crippen molar-refractivity contribution in [1.82, 2.24) is 10.1 Å². The second-order valence-electron chi connectivity index (χ2n) is 5.06. The van der Waals surface area contributed by atoms with E-state index in [0.717, 1.165) is 12.8 Å². The molecule has 2 rings (SSSR count). The lowest BCUT2D eigenvalue weighted by Crippen LogP contribution is -2.46. The summed E-state index contributed by atoms with van der Waals surface area (Å²) < 4.78 is 4.95. The Morgan fingerprint density at radius 1 is 1.56 bits per heavy atom. The van der Waals surface area contributed by atoms with Crippen LogP contribution in [0.3, 0.4) is 0 Å². The predicted octanol–water partition coefficient (Wildman–Crippen LogP) is 1.57. The summed E-state index contributed by atoms with van der Waals surface area (Å²) in [5.41, 5.74) is 6.37. The van der Waals surface area contributed by atoms with Crippen molar-refractivity contribution in [3.63, 3.8) is 0 Å². The molecule has 18 heavy (non-hydrogen) atoms. The van der Waals surface area contributed by atoms with Crippen molar-refractivity contribution in [2.75, 3.05) is 13.6 Å². The van der Waals surface area contributed by atoms with Crippen LogP contribution in [0.5, 0.6) is 0 Å². The second-order valence-corrected chi connectivity index (χ2v) is 5.06. The van der Waals surface area contributed by atoms with Crippen LogP contribution in [-0.2, 0) is 0 Å². The summed E-state index contributed by atoms with van der Waals surface area (Å²) in [6.07, 6.45) is 6.03. The third kappa shape index (κ3) is 2.41. The number of hydrogen-bond acceptors (Lipinski definition) is 4. The van der Waals surface area contributed by atoms with Crippen LogP contribution in [0.4, 0.5) is 0 Å². The molecular formula is C13H21N3O2. The number of aromatic nitrogens is 1. The van der Waals surface area contributed by atoms with E-state index < -0.39 is 0 Å². The molecule has 1 aromatic rings. The van der Waals surface area contributed by atoms with Crippen molar-refractivity contribution in [2.45, 2.75) is 38.6 Å². The lowest BCUT2D eigenvalue weighted by atomic mass is 9.83. The van der Waals surface area contributed by atoms with Gasteiger partial charge in [-0.25, -0.2) is 0 Å². The van der Waals surface area contributed by atoms with Gasteiger partial charge in [-0.1, -0.05) is 18.0 Å². The minimum Gasteiger partial charge on any atom is -0.361 e. The highest BCUT2D eigenvalue weighted by Crippen LogP contribution is 2.28. The number of aryl methyl sites for hydroxylation is 1. The van der Waals surface area contributed by atoms with Crippen LogP contribution in [0, 0.1) is 12.8 Å². The Hall–Kier alpha value is -1.36. The zero-order valence-electron chi connectivity index (χ0n) is 11.1. The van der Waals surface area contributed by atoms with Crippen LogP contribution < -0.4 is 5.73 Å². The molecule has 0 aromatic carbocycles. The summed E-state index contributed by atoms with van der Waals surface area (Å²) in [4.78, 5) is 14.2. The normalized spacial score (nSPS) is 23.9. The van der Waals surface area contributed by atoms with Gasteiger partial charge in [0.2, 0.25) is 0 Å². The molecule has 0 bridgehead atoms. The fourth-order valence-electron chi connectivity index (χ4n) is 2.82. The summed E-state index contributed by atoms with van der Waals surface area (Å²) in [5, 5.41) is 3.66. The molecule has 2 N–H and O–H groups in total. The first-order chi connectivity index (χ1) is 8.65. The highest BCUT2D eigenvalue weighted by atomic mass is 16.5. The number of nitrogens with zero attached hydrogens (tertiary/aromatic N) is 2. The van der Waals surface area contributed by atoms with Crippen LogP contribution in [-0.4, -0.2) is 35.6 Å². The topological polar surface area (TPSA) is 72.4 Å². The molecule has 1 aliphatic carbocycles. The molecule has 5 nitrogen and oxygen atoms in total. The SMILES string of the molecule is Cc1oncc1C(=O)N(C)C1CCCCC1CN. The molecule has 2 unspecified atom stereocenters. The molecular weight excluding hydrogens is 230 g/mol. The average molecular weight is 251 g/mol. The van der Waals surface area contributed by atoms with Gasteiger partial charge in [-0.3, -0.25) is 4.79 Å². The first-order valence-corrected chi connectivity index (χ1v) is 6.53. The molecule has 5 heteroatoms. The summed E-state index contributed by atoms with van der Waals surface area (Å²) in [6, 6.07) is 0.241.